The minimum absolute atomic E-state index is 0.136. The van der Waals surface area contributed by atoms with E-state index in [-0.39, 0.29) is 12.1 Å². The highest BCUT2D eigenvalue weighted by atomic mass is 15.1. The molecule has 1 heterocycles. The lowest BCUT2D eigenvalue weighted by atomic mass is 9.95. The quantitative estimate of drug-likeness (QED) is 0.723. The van der Waals surface area contributed by atoms with Crippen molar-refractivity contribution in [3.63, 3.8) is 0 Å². The molecule has 2 atom stereocenters. The Morgan fingerprint density at radius 2 is 1.19 bits per heavy atom. The maximum Gasteiger partial charge on any atom is 0.102 e. The zero-order valence-electron chi connectivity index (χ0n) is 14.7. The SMILES string of the molecule is c1ccc(C2N=C(C3Cc4ccccc4C3)NC2c2ccccc2)cc1. The summed E-state index contributed by atoms with van der Waals surface area (Å²) >= 11 is 0. The molecule has 2 nitrogen and oxygen atoms in total. The number of benzene rings is 3. The van der Waals surface area contributed by atoms with Gasteiger partial charge in [0, 0.05) is 5.92 Å². The molecule has 1 N–H and O–H groups in total. The van der Waals surface area contributed by atoms with E-state index in [4.69, 9.17) is 4.99 Å². The van der Waals surface area contributed by atoms with Gasteiger partial charge in [-0.25, -0.2) is 0 Å². The van der Waals surface area contributed by atoms with Crippen molar-refractivity contribution in [2.75, 3.05) is 0 Å². The predicted octanol–water partition coefficient (Wildman–Crippen LogP) is 4.89. The van der Waals surface area contributed by atoms with Gasteiger partial charge in [-0.05, 0) is 35.1 Å². The number of fused-ring (bicyclic) bond motifs is 1. The number of nitrogens with zero attached hydrogens (tertiary/aromatic N) is 1. The zero-order valence-corrected chi connectivity index (χ0v) is 14.7. The van der Waals surface area contributed by atoms with Gasteiger partial charge in [-0.1, -0.05) is 84.9 Å². The molecule has 2 aliphatic rings. The van der Waals surface area contributed by atoms with E-state index in [0.717, 1.165) is 12.8 Å². The van der Waals surface area contributed by atoms with Crippen molar-refractivity contribution >= 4 is 5.84 Å². The first kappa shape index (κ1) is 15.4. The summed E-state index contributed by atoms with van der Waals surface area (Å²) in [6.07, 6.45) is 2.18. The van der Waals surface area contributed by atoms with Gasteiger partial charge in [0.05, 0.1) is 6.04 Å². The van der Waals surface area contributed by atoms with Crippen LogP contribution in [0.25, 0.3) is 0 Å². The summed E-state index contributed by atoms with van der Waals surface area (Å²) in [5.74, 6) is 1.64. The van der Waals surface area contributed by atoms with Crippen molar-refractivity contribution < 1.29 is 0 Å². The van der Waals surface area contributed by atoms with Crippen LogP contribution in [0.15, 0.2) is 89.9 Å². The number of amidine groups is 1. The fourth-order valence-electron chi connectivity index (χ4n) is 4.32. The van der Waals surface area contributed by atoms with Gasteiger partial charge in [-0.3, -0.25) is 4.99 Å². The molecule has 0 aromatic heterocycles. The van der Waals surface area contributed by atoms with E-state index in [1.54, 1.807) is 0 Å². The van der Waals surface area contributed by atoms with Crippen LogP contribution in [0.3, 0.4) is 0 Å². The summed E-state index contributed by atoms with van der Waals surface area (Å²) in [7, 11) is 0. The van der Waals surface area contributed by atoms with Gasteiger partial charge in [0.2, 0.25) is 0 Å². The minimum atomic E-state index is 0.136. The Morgan fingerprint density at radius 3 is 1.81 bits per heavy atom. The van der Waals surface area contributed by atoms with E-state index >= 15 is 0 Å². The molecule has 128 valence electrons. The second kappa shape index (κ2) is 6.45. The lowest BCUT2D eigenvalue weighted by Crippen LogP contribution is -2.30. The lowest BCUT2D eigenvalue weighted by Gasteiger charge is -2.20. The van der Waals surface area contributed by atoms with Gasteiger partial charge >= 0.3 is 0 Å². The summed E-state index contributed by atoms with van der Waals surface area (Å²) in [4.78, 5) is 5.19. The third kappa shape index (κ3) is 2.72. The van der Waals surface area contributed by atoms with Gasteiger partial charge in [0.15, 0.2) is 0 Å². The van der Waals surface area contributed by atoms with Crippen LogP contribution in [0.1, 0.15) is 34.3 Å². The summed E-state index contributed by atoms with van der Waals surface area (Å²) in [5.41, 5.74) is 5.53. The second-order valence-corrected chi connectivity index (χ2v) is 7.28. The van der Waals surface area contributed by atoms with Crippen molar-refractivity contribution in [1.29, 1.82) is 0 Å². The largest absolute Gasteiger partial charge is 0.364 e. The third-order valence-electron chi connectivity index (χ3n) is 5.63. The van der Waals surface area contributed by atoms with E-state index in [0.29, 0.717) is 5.92 Å². The van der Waals surface area contributed by atoms with E-state index < -0.39 is 0 Å². The molecular formula is C24H22N2. The standard InChI is InChI=1S/C24H22N2/c1-3-9-17(10-4-1)22-23(18-11-5-2-6-12-18)26-24(25-22)21-15-19-13-7-8-14-20(19)16-21/h1-14,21-23H,15-16H2,(H,25,26). The van der Waals surface area contributed by atoms with Gasteiger partial charge in [-0.15, -0.1) is 0 Å². The first-order chi connectivity index (χ1) is 12.9. The third-order valence-corrected chi connectivity index (χ3v) is 5.63. The monoisotopic (exact) mass is 338 g/mol. The molecule has 3 aromatic carbocycles. The summed E-state index contributed by atoms with van der Waals surface area (Å²) in [5, 5.41) is 3.78. The average molecular weight is 338 g/mol. The Balaban J connectivity index is 1.48. The Labute approximate surface area is 154 Å². The van der Waals surface area contributed by atoms with Crippen LogP contribution >= 0.6 is 0 Å². The highest BCUT2D eigenvalue weighted by molar-refractivity contribution is 5.88. The highest BCUT2D eigenvalue weighted by Crippen LogP contribution is 2.39. The maximum absolute atomic E-state index is 5.19. The van der Waals surface area contributed by atoms with Crippen molar-refractivity contribution in [1.82, 2.24) is 5.32 Å². The topological polar surface area (TPSA) is 24.4 Å². The van der Waals surface area contributed by atoms with Crippen molar-refractivity contribution in [2.24, 2.45) is 10.9 Å². The average Bonchev–Trinajstić information content (AvgIpc) is 3.34. The Morgan fingerprint density at radius 1 is 0.654 bits per heavy atom. The van der Waals surface area contributed by atoms with Gasteiger partial charge in [0.25, 0.3) is 0 Å². The van der Waals surface area contributed by atoms with E-state index in [1.807, 2.05) is 0 Å². The first-order valence-electron chi connectivity index (χ1n) is 9.39. The number of aliphatic imine (C=N–C) groups is 1. The number of hydrogen-bond acceptors (Lipinski definition) is 2. The molecule has 0 saturated carbocycles. The Kier molecular flexibility index (Phi) is 3.82. The van der Waals surface area contributed by atoms with E-state index in [2.05, 4.69) is 90.2 Å². The smallest absolute Gasteiger partial charge is 0.102 e. The van der Waals surface area contributed by atoms with Crippen LogP contribution in [0.5, 0.6) is 0 Å². The molecule has 5 rings (SSSR count). The second-order valence-electron chi connectivity index (χ2n) is 7.28. The van der Waals surface area contributed by atoms with Crippen molar-refractivity contribution in [2.45, 2.75) is 24.9 Å². The summed E-state index contributed by atoms with van der Waals surface area (Å²) < 4.78 is 0. The summed E-state index contributed by atoms with van der Waals surface area (Å²) in [6, 6.07) is 30.5. The first-order valence-corrected chi connectivity index (χ1v) is 9.39. The zero-order chi connectivity index (χ0) is 17.3. The number of nitrogens with one attached hydrogen (secondary N) is 1. The van der Waals surface area contributed by atoms with Gasteiger partial charge < -0.3 is 5.32 Å². The molecule has 0 bridgehead atoms. The molecule has 3 aromatic rings. The Bertz CT molecular complexity index is 906. The molecule has 1 aliphatic carbocycles. The van der Waals surface area contributed by atoms with Crippen LogP contribution in [-0.2, 0) is 12.8 Å². The molecular weight excluding hydrogens is 316 g/mol. The Hall–Kier alpha value is -2.87. The van der Waals surface area contributed by atoms with Crippen LogP contribution < -0.4 is 5.32 Å². The minimum Gasteiger partial charge on any atom is -0.364 e. The molecule has 0 spiro atoms. The highest BCUT2D eigenvalue weighted by Gasteiger charge is 2.36. The van der Waals surface area contributed by atoms with Gasteiger partial charge in [0.1, 0.15) is 11.9 Å². The molecule has 0 fully saturated rings. The predicted molar refractivity (Wildman–Crippen MR) is 106 cm³/mol. The molecule has 0 saturated heterocycles. The lowest BCUT2D eigenvalue weighted by molar-refractivity contribution is 0.567. The van der Waals surface area contributed by atoms with Crippen LogP contribution in [0, 0.1) is 5.92 Å². The fraction of sp³-hybridized carbons (Fsp3) is 0.208. The van der Waals surface area contributed by atoms with Gasteiger partial charge in [-0.2, -0.15) is 0 Å². The van der Waals surface area contributed by atoms with Crippen LogP contribution in [-0.4, -0.2) is 5.84 Å². The van der Waals surface area contributed by atoms with Crippen LogP contribution in [0.4, 0.5) is 0 Å². The van der Waals surface area contributed by atoms with Crippen LogP contribution in [0.2, 0.25) is 0 Å². The van der Waals surface area contributed by atoms with E-state index in [9.17, 15) is 0 Å². The van der Waals surface area contributed by atoms with Crippen molar-refractivity contribution in [3.05, 3.63) is 107 Å². The van der Waals surface area contributed by atoms with Crippen molar-refractivity contribution in [3.8, 4) is 0 Å². The molecule has 1 aliphatic heterocycles. The molecule has 0 amide bonds. The normalized spacial score (nSPS) is 21.9. The van der Waals surface area contributed by atoms with E-state index in [1.165, 1.54) is 28.1 Å². The number of rotatable bonds is 3. The summed E-state index contributed by atoms with van der Waals surface area (Å²) in [6.45, 7) is 0. The molecule has 2 heteroatoms. The molecule has 2 unspecified atom stereocenters. The number of hydrogen-bond donors (Lipinski definition) is 1. The maximum atomic E-state index is 5.19. The molecule has 26 heavy (non-hydrogen) atoms. The fourth-order valence-corrected chi connectivity index (χ4v) is 4.32. The molecule has 0 radical (unpaired) electrons.